The second-order valence-corrected chi connectivity index (χ2v) is 9.52. The van der Waals surface area contributed by atoms with Crippen LogP contribution in [0.15, 0.2) is 48.5 Å². The van der Waals surface area contributed by atoms with Crippen molar-refractivity contribution in [2.24, 2.45) is 0 Å². The van der Waals surface area contributed by atoms with Crippen LogP contribution in [0.5, 0.6) is 5.75 Å². The summed E-state index contributed by atoms with van der Waals surface area (Å²) in [7, 11) is 1.43. The van der Waals surface area contributed by atoms with Crippen molar-refractivity contribution in [3.8, 4) is 5.75 Å². The fourth-order valence-electron chi connectivity index (χ4n) is 5.21. The number of benzene rings is 2. The molecule has 0 aromatic heterocycles. The summed E-state index contributed by atoms with van der Waals surface area (Å²) in [4.78, 5) is 27.0. The Labute approximate surface area is 200 Å². The number of ether oxygens (including phenoxy) is 1. The van der Waals surface area contributed by atoms with E-state index in [1.807, 2.05) is 6.07 Å². The molecule has 34 heavy (non-hydrogen) atoms. The zero-order valence-electron chi connectivity index (χ0n) is 19.8. The van der Waals surface area contributed by atoms with Crippen LogP contribution in [-0.2, 0) is 16.0 Å². The van der Waals surface area contributed by atoms with Crippen LogP contribution in [0.1, 0.15) is 49.1 Å². The molecule has 182 valence electrons. The number of carbonyl (C=O) groups excluding carboxylic acids is 2. The summed E-state index contributed by atoms with van der Waals surface area (Å²) in [5.74, 6) is 0.328. The first-order valence-electron chi connectivity index (χ1n) is 12.1. The Hall–Kier alpha value is -2.93. The lowest BCUT2D eigenvalue weighted by molar-refractivity contribution is -0.122. The lowest BCUT2D eigenvalue weighted by Crippen LogP contribution is -2.44. The SMILES string of the molecule is COc1cc(C[C@@]2(CCC(=O)NCCN3CC[C@@H](c4ccccc4)C3)CCC(=O)N2)ccc1F. The molecule has 2 aromatic carbocycles. The molecule has 2 aliphatic heterocycles. The largest absolute Gasteiger partial charge is 0.494 e. The maximum absolute atomic E-state index is 13.8. The van der Waals surface area contributed by atoms with Crippen LogP contribution in [0.3, 0.4) is 0 Å². The molecule has 2 fully saturated rings. The molecular formula is C27H34FN3O3. The molecule has 2 saturated heterocycles. The molecule has 2 heterocycles. The van der Waals surface area contributed by atoms with E-state index in [1.165, 1.54) is 18.7 Å². The number of methoxy groups -OCH3 is 1. The third kappa shape index (κ3) is 6.14. The second kappa shape index (κ2) is 11.0. The number of amides is 2. The minimum absolute atomic E-state index is 0.00325. The first-order valence-corrected chi connectivity index (χ1v) is 12.1. The van der Waals surface area contributed by atoms with Crippen molar-refractivity contribution in [2.75, 3.05) is 33.3 Å². The topological polar surface area (TPSA) is 70.7 Å². The summed E-state index contributed by atoms with van der Waals surface area (Å²) >= 11 is 0. The van der Waals surface area contributed by atoms with Crippen molar-refractivity contribution in [2.45, 2.75) is 50.0 Å². The Balaban J connectivity index is 1.24. The maximum Gasteiger partial charge on any atom is 0.220 e. The average Bonchev–Trinajstić information content (AvgIpc) is 3.47. The van der Waals surface area contributed by atoms with Crippen molar-refractivity contribution in [1.29, 1.82) is 0 Å². The Kier molecular flexibility index (Phi) is 7.83. The highest BCUT2D eigenvalue weighted by Crippen LogP contribution is 2.31. The van der Waals surface area contributed by atoms with Crippen LogP contribution in [-0.4, -0.2) is 55.5 Å². The third-order valence-electron chi connectivity index (χ3n) is 7.12. The first-order chi connectivity index (χ1) is 16.5. The fourth-order valence-corrected chi connectivity index (χ4v) is 5.21. The number of nitrogens with zero attached hydrogens (tertiary/aromatic N) is 1. The summed E-state index contributed by atoms with van der Waals surface area (Å²) in [5, 5.41) is 6.13. The van der Waals surface area contributed by atoms with Gasteiger partial charge in [0.05, 0.1) is 7.11 Å². The van der Waals surface area contributed by atoms with E-state index in [1.54, 1.807) is 12.1 Å². The van der Waals surface area contributed by atoms with Gasteiger partial charge in [0, 0.05) is 38.0 Å². The smallest absolute Gasteiger partial charge is 0.220 e. The molecule has 2 aromatic rings. The molecule has 2 aliphatic rings. The minimum Gasteiger partial charge on any atom is -0.494 e. The lowest BCUT2D eigenvalue weighted by atomic mass is 9.85. The molecule has 4 rings (SSSR count). The highest BCUT2D eigenvalue weighted by molar-refractivity contribution is 5.80. The van der Waals surface area contributed by atoms with Gasteiger partial charge in [0.1, 0.15) is 0 Å². The molecule has 2 amide bonds. The average molecular weight is 468 g/mol. The molecule has 0 spiro atoms. The lowest BCUT2D eigenvalue weighted by Gasteiger charge is -2.29. The summed E-state index contributed by atoms with van der Waals surface area (Å²) < 4.78 is 18.9. The van der Waals surface area contributed by atoms with E-state index in [2.05, 4.69) is 39.8 Å². The first kappa shape index (κ1) is 24.2. The fraction of sp³-hybridized carbons (Fsp3) is 0.481. The zero-order valence-corrected chi connectivity index (χ0v) is 19.8. The molecule has 2 N–H and O–H groups in total. The van der Waals surface area contributed by atoms with Crippen LogP contribution in [0.4, 0.5) is 4.39 Å². The summed E-state index contributed by atoms with van der Waals surface area (Å²) in [6.07, 6.45) is 3.67. The molecule has 0 bridgehead atoms. The normalized spacial score (nSPS) is 22.5. The third-order valence-corrected chi connectivity index (χ3v) is 7.12. The minimum atomic E-state index is -0.491. The van der Waals surface area contributed by atoms with Gasteiger partial charge in [-0.05, 0) is 61.4 Å². The van der Waals surface area contributed by atoms with Crippen molar-refractivity contribution < 1.29 is 18.7 Å². The second-order valence-electron chi connectivity index (χ2n) is 9.52. The van der Waals surface area contributed by atoms with Crippen molar-refractivity contribution >= 4 is 11.8 Å². The Bertz CT molecular complexity index is 1000. The molecule has 0 aliphatic carbocycles. The highest BCUT2D eigenvalue weighted by atomic mass is 19.1. The standard InChI is InChI=1S/C27H34FN3O3/c1-34-24-17-20(7-8-23(24)28)18-27(13-10-26(33)30-27)12-9-25(32)29-14-16-31-15-11-22(19-31)21-5-3-2-4-6-21/h2-8,17,22H,9-16,18-19H2,1H3,(H,29,32)(H,30,33)/t22-,27-/m1/s1. The number of hydrogen-bond acceptors (Lipinski definition) is 4. The van der Waals surface area contributed by atoms with E-state index in [0.29, 0.717) is 44.6 Å². The van der Waals surface area contributed by atoms with Gasteiger partial charge in [0.25, 0.3) is 0 Å². The predicted octanol–water partition coefficient (Wildman–Crippen LogP) is 3.41. The highest BCUT2D eigenvalue weighted by Gasteiger charge is 2.38. The van der Waals surface area contributed by atoms with Crippen LogP contribution in [0.25, 0.3) is 0 Å². The number of carbonyl (C=O) groups is 2. The van der Waals surface area contributed by atoms with Crippen molar-refractivity contribution in [3.05, 3.63) is 65.5 Å². The zero-order chi connectivity index (χ0) is 24.0. The van der Waals surface area contributed by atoms with E-state index in [-0.39, 0.29) is 17.6 Å². The Morgan fingerprint density at radius 2 is 2.09 bits per heavy atom. The van der Waals surface area contributed by atoms with E-state index in [4.69, 9.17) is 4.74 Å². The number of hydrogen-bond donors (Lipinski definition) is 2. The van der Waals surface area contributed by atoms with Crippen molar-refractivity contribution in [1.82, 2.24) is 15.5 Å². The Morgan fingerprint density at radius 3 is 2.82 bits per heavy atom. The van der Waals surface area contributed by atoms with E-state index >= 15 is 0 Å². The molecule has 0 unspecified atom stereocenters. The van der Waals surface area contributed by atoms with E-state index < -0.39 is 11.4 Å². The number of likely N-dealkylation sites (tertiary alicyclic amines) is 1. The van der Waals surface area contributed by atoms with Gasteiger partial charge in [-0.15, -0.1) is 0 Å². The molecule has 0 radical (unpaired) electrons. The number of halogens is 1. The van der Waals surface area contributed by atoms with Gasteiger partial charge in [-0.2, -0.15) is 0 Å². The Morgan fingerprint density at radius 1 is 1.26 bits per heavy atom. The van der Waals surface area contributed by atoms with Gasteiger partial charge < -0.3 is 20.3 Å². The van der Waals surface area contributed by atoms with Gasteiger partial charge >= 0.3 is 0 Å². The van der Waals surface area contributed by atoms with Gasteiger partial charge in [-0.25, -0.2) is 4.39 Å². The quantitative estimate of drug-likeness (QED) is 0.562. The number of rotatable bonds is 10. The van der Waals surface area contributed by atoms with Crippen LogP contribution in [0.2, 0.25) is 0 Å². The maximum atomic E-state index is 13.8. The van der Waals surface area contributed by atoms with Crippen LogP contribution in [0, 0.1) is 5.82 Å². The van der Waals surface area contributed by atoms with Gasteiger partial charge in [0.2, 0.25) is 11.8 Å². The molecule has 0 saturated carbocycles. The molecule has 7 heteroatoms. The summed E-state index contributed by atoms with van der Waals surface area (Å²) in [5.41, 5.74) is 1.77. The van der Waals surface area contributed by atoms with Crippen LogP contribution >= 0.6 is 0 Å². The molecule has 6 nitrogen and oxygen atoms in total. The predicted molar refractivity (Wildman–Crippen MR) is 129 cm³/mol. The van der Waals surface area contributed by atoms with Gasteiger partial charge in [-0.1, -0.05) is 36.4 Å². The summed E-state index contributed by atoms with van der Waals surface area (Å²) in [6.45, 7) is 3.53. The molecule has 2 atom stereocenters. The van der Waals surface area contributed by atoms with Crippen LogP contribution < -0.4 is 15.4 Å². The summed E-state index contributed by atoms with van der Waals surface area (Å²) in [6, 6.07) is 15.4. The number of nitrogens with one attached hydrogen (secondary N) is 2. The van der Waals surface area contributed by atoms with E-state index in [0.717, 1.165) is 31.6 Å². The van der Waals surface area contributed by atoms with Gasteiger partial charge in [-0.3, -0.25) is 9.59 Å². The van der Waals surface area contributed by atoms with Gasteiger partial charge in [0.15, 0.2) is 11.6 Å². The van der Waals surface area contributed by atoms with Crippen molar-refractivity contribution in [3.63, 3.8) is 0 Å². The molecular weight excluding hydrogens is 433 g/mol. The monoisotopic (exact) mass is 467 g/mol. The van der Waals surface area contributed by atoms with E-state index in [9.17, 15) is 14.0 Å².